The number of amides is 1. The molecule has 7 nitrogen and oxygen atoms in total. The van der Waals surface area contributed by atoms with E-state index < -0.39 is 28.8 Å². The van der Waals surface area contributed by atoms with Crippen LogP contribution in [0.1, 0.15) is 29.5 Å². The second-order valence-corrected chi connectivity index (χ2v) is 8.44. The first kappa shape index (κ1) is 19.7. The van der Waals surface area contributed by atoms with Gasteiger partial charge in [0.25, 0.3) is 5.91 Å². The Kier molecular flexibility index (Phi) is 4.05. The van der Waals surface area contributed by atoms with Crippen LogP contribution in [0, 0.1) is 12.3 Å². The molecule has 0 bridgehead atoms. The van der Waals surface area contributed by atoms with Crippen molar-refractivity contribution in [2.45, 2.75) is 25.3 Å². The number of esters is 2. The summed E-state index contributed by atoms with van der Waals surface area (Å²) in [6, 6.07) is 12.6. The van der Waals surface area contributed by atoms with Crippen molar-refractivity contribution in [3.05, 3.63) is 59.2 Å². The minimum absolute atomic E-state index is 0.0569. The van der Waals surface area contributed by atoms with E-state index in [0.29, 0.717) is 22.6 Å². The quantitative estimate of drug-likeness (QED) is 0.335. The number of anilines is 1. The standard InChI is InChI=1S/C23H20N2O5S/c1-4-29-20(27)22-17(13-7-5-6-8-16(13)30-21(22)28)23(24-18(22)31)14-11-12(2)9-10-15(14)25(3)19(23)26/h5-11,17H,4H2,1-3H3,(H,24,31)/t17-,22+,23+/m1/s1. The number of carbonyl (C=O) groups excluding carboxylic acids is 3. The molecule has 158 valence electrons. The summed E-state index contributed by atoms with van der Waals surface area (Å²) in [5, 5.41) is 3.12. The first-order valence-corrected chi connectivity index (χ1v) is 10.4. The number of rotatable bonds is 2. The number of nitrogens with zero attached hydrogens (tertiary/aromatic N) is 1. The maximum Gasteiger partial charge on any atom is 0.336 e. The molecule has 1 spiro atoms. The molecular formula is C23H20N2O5S. The molecule has 0 aromatic heterocycles. The van der Waals surface area contributed by atoms with Crippen LogP contribution in [0.2, 0.25) is 0 Å². The first-order chi connectivity index (χ1) is 14.8. The van der Waals surface area contributed by atoms with Crippen molar-refractivity contribution in [2.75, 3.05) is 18.6 Å². The molecule has 3 aliphatic rings. The van der Waals surface area contributed by atoms with Gasteiger partial charge in [-0.25, -0.2) is 4.79 Å². The number of hydrogen-bond acceptors (Lipinski definition) is 6. The second-order valence-electron chi connectivity index (χ2n) is 8.04. The van der Waals surface area contributed by atoms with E-state index in [2.05, 4.69) is 5.32 Å². The normalized spacial score (nSPS) is 28.0. The van der Waals surface area contributed by atoms with Gasteiger partial charge >= 0.3 is 11.9 Å². The predicted molar refractivity (Wildman–Crippen MR) is 116 cm³/mol. The summed E-state index contributed by atoms with van der Waals surface area (Å²) in [4.78, 5) is 42.1. The average molecular weight is 436 g/mol. The van der Waals surface area contributed by atoms with E-state index in [1.54, 1.807) is 38.2 Å². The Morgan fingerprint density at radius 1 is 1.26 bits per heavy atom. The summed E-state index contributed by atoms with van der Waals surface area (Å²) in [5.41, 5.74) is -0.533. The maximum atomic E-state index is 13.8. The molecule has 2 aromatic rings. The summed E-state index contributed by atoms with van der Waals surface area (Å²) < 4.78 is 10.9. The van der Waals surface area contributed by atoms with Crippen LogP contribution in [0.25, 0.3) is 0 Å². The van der Waals surface area contributed by atoms with Gasteiger partial charge < -0.3 is 19.7 Å². The van der Waals surface area contributed by atoms with Crippen molar-refractivity contribution in [3.8, 4) is 5.75 Å². The summed E-state index contributed by atoms with van der Waals surface area (Å²) in [7, 11) is 1.67. The van der Waals surface area contributed by atoms with Crippen LogP contribution in [-0.2, 0) is 24.7 Å². The van der Waals surface area contributed by atoms with Crippen LogP contribution in [0.15, 0.2) is 42.5 Å². The topological polar surface area (TPSA) is 84.9 Å². The van der Waals surface area contributed by atoms with Gasteiger partial charge in [-0.05, 0) is 26.0 Å². The lowest BCUT2D eigenvalue weighted by atomic mass is 9.63. The molecule has 1 amide bonds. The number of nitrogens with one attached hydrogen (secondary N) is 1. The summed E-state index contributed by atoms with van der Waals surface area (Å²) >= 11 is 5.60. The lowest BCUT2D eigenvalue weighted by Gasteiger charge is -2.39. The third-order valence-corrected chi connectivity index (χ3v) is 6.89. The zero-order valence-corrected chi connectivity index (χ0v) is 18.0. The second kappa shape index (κ2) is 6.37. The van der Waals surface area contributed by atoms with Gasteiger partial charge in [-0.2, -0.15) is 0 Å². The largest absolute Gasteiger partial charge is 0.465 e. The third kappa shape index (κ3) is 2.18. The lowest BCUT2D eigenvalue weighted by Crippen LogP contribution is -2.55. The van der Waals surface area contributed by atoms with Crippen LogP contribution in [0.4, 0.5) is 5.69 Å². The third-order valence-electron chi connectivity index (χ3n) is 6.47. The molecule has 5 rings (SSSR count). The highest BCUT2D eigenvalue weighted by Crippen LogP contribution is 2.62. The minimum Gasteiger partial charge on any atom is -0.465 e. The highest BCUT2D eigenvalue weighted by atomic mass is 32.1. The zero-order chi connectivity index (χ0) is 22.1. The number of thiocarbonyl (C=S) groups is 1. The van der Waals surface area contributed by atoms with Gasteiger partial charge in [-0.3, -0.25) is 9.59 Å². The fourth-order valence-corrected chi connectivity index (χ4v) is 5.61. The van der Waals surface area contributed by atoms with Crippen molar-refractivity contribution in [1.29, 1.82) is 0 Å². The van der Waals surface area contributed by atoms with Crippen LogP contribution >= 0.6 is 12.2 Å². The molecule has 1 N–H and O–H groups in total. The molecule has 0 unspecified atom stereocenters. The van der Waals surface area contributed by atoms with Crippen molar-refractivity contribution in [1.82, 2.24) is 5.32 Å². The van der Waals surface area contributed by atoms with E-state index in [-0.39, 0.29) is 17.5 Å². The molecule has 31 heavy (non-hydrogen) atoms. The van der Waals surface area contributed by atoms with Gasteiger partial charge in [-0.15, -0.1) is 0 Å². The van der Waals surface area contributed by atoms with Gasteiger partial charge in [0.2, 0.25) is 5.41 Å². The Morgan fingerprint density at radius 2 is 2.00 bits per heavy atom. The van der Waals surface area contributed by atoms with E-state index in [9.17, 15) is 14.4 Å². The number of hydrogen-bond donors (Lipinski definition) is 1. The number of para-hydroxylation sites is 1. The van der Waals surface area contributed by atoms with Crippen LogP contribution in [0.3, 0.4) is 0 Å². The molecule has 3 atom stereocenters. The summed E-state index contributed by atoms with van der Waals surface area (Å²) in [6.07, 6.45) is 0. The van der Waals surface area contributed by atoms with Crippen molar-refractivity contribution in [2.24, 2.45) is 5.41 Å². The number of likely N-dealkylation sites (N-methyl/N-ethyl adjacent to an activating group) is 1. The van der Waals surface area contributed by atoms with E-state index in [1.807, 2.05) is 25.1 Å². The smallest absolute Gasteiger partial charge is 0.336 e. The number of benzene rings is 2. The molecule has 3 aliphatic heterocycles. The number of fused-ring (bicyclic) bond motifs is 6. The van der Waals surface area contributed by atoms with Crippen LogP contribution in [0.5, 0.6) is 5.75 Å². The fourth-order valence-electron chi connectivity index (χ4n) is 5.16. The molecule has 1 saturated heterocycles. The molecule has 0 saturated carbocycles. The van der Waals surface area contributed by atoms with Gasteiger partial charge in [0, 0.05) is 23.9 Å². The minimum atomic E-state index is -1.96. The highest BCUT2D eigenvalue weighted by molar-refractivity contribution is 7.80. The first-order valence-electron chi connectivity index (χ1n) is 10.0. The maximum absolute atomic E-state index is 13.8. The molecule has 8 heteroatoms. The molecule has 0 radical (unpaired) electrons. The monoisotopic (exact) mass is 436 g/mol. The lowest BCUT2D eigenvalue weighted by molar-refractivity contribution is -0.164. The van der Waals surface area contributed by atoms with Gasteiger partial charge in [0.15, 0.2) is 5.54 Å². The SMILES string of the molecule is CCOC(=O)[C@]12C(=O)Oc3ccccc3[C@H]1[C@]1(NC2=S)C(=O)N(C)c2ccc(C)cc21. The Morgan fingerprint density at radius 3 is 2.74 bits per heavy atom. The van der Waals surface area contributed by atoms with Crippen molar-refractivity contribution >= 4 is 40.7 Å². The Balaban J connectivity index is 1.89. The Labute approximate surface area is 184 Å². The van der Waals surface area contributed by atoms with Crippen LogP contribution < -0.4 is 15.0 Å². The predicted octanol–water partition coefficient (Wildman–Crippen LogP) is 2.35. The highest BCUT2D eigenvalue weighted by Gasteiger charge is 2.77. The van der Waals surface area contributed by atoms with Crippen molar-refractivity contribution in [3.63, 3.8) is 0 Å². The van der Waals surface area contributed by atoms with Crippen molar-refractivity contribution < 1.29 is 23.9 Å². The molecule has 0 aliphatic carbocycles. The number of ether oxygens (including phenoxy) is 2. The number of carbonyl (C=O) groups is 3. The van der Waals surface area contributed by atoms with E-state index in [4.69, 9.17) is 21.7 Å². The molecule has 1 fully saturated rings. The molecule has 2 aromatic carbocycles. The van der Waals surface area contributed by atoms with Crippen LogP contribution in [-0.4, -0.2) is 36.5 Å². The van der Waals surface area contributed by atoms with E-state index in [1.165, 1.54) is 4.90 Å². The summed E-state index contributed by atoms with van der Waals surface area (Å²) in [6.45, 7) is 3.63. The van der Waals surface area contributed by atoms with Gasteiger partial charge in [0.05, 0.1) is 12.5 Å². The summed E-state index contributed by atoms with van der Waals surface area (Å²) in [5.74, 6) is -2.59. The van der Waals surface area contributed by atoms with Gasteiger partial charge in [-0.1, -0.05) is 48.1 Å². The van der Waals surface area contributed by atoms with E-state index >= 15 is 0 Å². The van der Waals surface area contributed by atoms with E-state index in [0.717, 1.165) is 5.56 Å². The molecular weight excluding hydrogens is 416 g/mol. The average Bonchev–Trinajstić information content (AvgIpc) is 3.14. The Hall–Kier alpha value is -3.26. The Bertz CT molecular complexity index is 1190. The number of aryl methyl sites for hydroxylation is 1. The zero-order valence-electron chi connectivity index (χ0n) is 17.2. The fraction of sp³-hybridized carbons (Fsp3) is 0.304. The molecule has 3 heterocycles. The van der Waals surface area contributed by atoms with Gasteiger partial charge in [0.1, 0.15) is 10.7 Å².